The number of piperidine rings is 1. The molecule has 0 spiro atoms. The van der Waals surface area contributed by atoms with Crippen molar-refractivity contribution in [3.8, 4) is 0 Å². The van der Waals surface area contributed by atoms with Gasteiger partial charge in [-0.05, 0) is 31.7 Å². The van der Waals surface area contributed by atoms with Gasteiger partial charge in [-0.25, -0.2) is 0 Å². The number of unbranched alkanes of at least 4 members (excludes halogenated alkanes) is 3. The zero-order valence-electron chi connectivity index (χ0n) is 13.8. The van der Waals surface area contributed by atoms with E-state index in [0.717, 1.165) is 51.2 Å². The molecule has 1 heterocycles. The molecule has 0 saturated carbocycles. The van der Waals surface area contributed by atoms with E-state index < -0.39 is 0 Å². The lowest BCUT2D eigenvalue weighted by Crippen LogP contribution is -2.44. The van der Waals surface area contributed by atoms with E-state index in [4.69, 9.17) is 0 Å². The van der Waals surface area contributed by atoms with Crippen LogP contribution in [0, 0.1) is 5.92 Å². The van der Waals surface area contributed by atoms with Crippen LogP contribution in [0.2, 0.25) is 0 Å². The molecule has 0 aromatic carbocycles. The van der Waals surface area contributed by atoms with E-state index in [0.29, 0.717) is 6.04 Å². The van der Waals surface area contributed by atoms with Crippen LogP contribution in [0.5, 0.6) is 0 Å². The van der Waals surface area contributed by atoms with E-state index in [1.165, 1.54) is 25.7 Å². The summed E-state index contributed by atoms with van der Waals surface area (Å²) >= 11 is 0. The van der Waals surface area contributed by atoms with E-state index in [2.05, 4.69) is 31.0 Å². The standard InChI is InChI=1S/C17H34N2O/c1-4-19-13-11-16(12-14-19)18-17(20)10-8-6-5-7-9-15(2)3/h15-16H,4-14H2,1-3H3,(H,18,20). The fraction of sp³-hybridized carbons (Fsp3) is 0.941. The Morgan fingerprint density at radius 2 is 1.80 bits per heavy atom. The highest BCUT2D eigenvalue weighted by Crippen LogP contribution is 2.12. The quantitative estimate of drug-likeness (QED) is 0.656. The molecule has 0 bridgehead atoms. The first-order chi connectivity index (χ1) is 9.61. The molecule has 1 aliphatic heterocycles. The molecule has 0 radical (unpaired) electrons. The average Bonchev–Trinajstić information content (AvgIpc) is 2.43. The Kier molecular flexibility index (Phi) is 8.92. The third-order valence-electron chi connectivity index (χ3n) is 4.34. The lowest BCUT2D eigenvalue weighted by atomic mass is 10.0. The zero-order chi connectivity index (χ0) is 14.8. The molecule has 1 N–H and O–H groups in total. The van der Waals surface area contributed by atoms with Crippen LogP contribution >= 0.6 is 0 Å². The SMILES string of the molecule is CCN1CCC(NC(=O)CCCCCCC(C)C)CC1. The molecular formula is C17H34N2O. The molecule has 20 heavy (non-hydrogen) atoms. The van der Waals surface area contributed by atoms with Crippen LogP contribution in [0.15, 0.2) is 0 Å². The number of likely N-dealkylation sites (tertiary alicyclic amines) is 1. The van der Waals surface area contributed by atoms with E-state index >= 15 is 0 Å². The van der Waals surface area contributed by atoms with Gasteiger partial charge in [0.05, 0.1) is 0 Å². The van der Waals surface area contributed by atoms with Crippen molar-refractivity contribution in [1.82, 2.24) is 10.2 Å². The van der Waals surface area contributed by atoms with Gasteiger partial charge in [0.25, 0.3) is 0 Å². The van der Waals surface area contributed by atoms with Crippen molar-refractivity contribution < 1.29 is 4.79 Å². The first kappa shape index (κ1) is 17.5. The van der Waals surface area contributed by atoms with Crippen molar-refractivity contribution in [1.29, 1.82) is 0 Å². The Labute approximate surface area is 125 Å². The highest BCUT2D eigenvalue weighted by Gasteiger charge is 2.19. The van der Waals surface area contributed by atoms with Crippen molar-refractivity contribution in [2.45, 2.75) is 78.2 Å². The molecule has 1 saturated heterocycles. The third kappa shape index (κ3) is 7.88. The molecule has 0 aromatic rings. The molecule has 1 rings (SSSR count). The maximum Gasteiger partial charge on any atom is 0.220 e. The predicted octanol–water partition coefficient (Wildman–Crippen LogP) is 3.58. The number of amides is 1. The summed E-state index contributed by atoms with van der Waals surface area (Å²) in [5.41, 5.74) is 0. The van der Waals surface area contributed by atoms with Crippen molar-refractivity contribution >= 4 is 5.91 Å². The van der Waals surface area contributed by atoms with E-state index in [9.17, 15) is 4.79 Å². The maximum atomic E-state index is 11.9. The summed E-state index contributed by atoms with van der Waals surface area (Å²) in [5.74, 6) is 1.08. The number of carbonyl (C=O) groups excluding carboxylic acids is 1. The Balaban J connectivity index is 1.98. The average molecular weight is 282 g/mol. The minimum Gasteiger partial charge on any atom is -0.353 e. The lowest BCUT2D eigenvalue weighted by Gasteiger charge is -2.31. The monoisotopic (exact) mass is 282 g/mol. The number of hydrogen-bond donors (Lipinski definition) is 1. The fourth-order valence-electron chi connectivity index (χ4n) is 2.89. The Bertz CT molecular complexity index is 258. The highest BCUT2D eigenvalue weighted by atomic mass is 16.1. The van der Waals surface area contributed by atoms with Crippen LogP contribution in [0.3, 0.4) is 0 Å². The minimum absolute atomic E-state index is 0.267. The topological polar surface area (TPSA) is 32.3 Å². The second-order valence-electron chi connectivity index (χ2n) is 6.62. The largest absolute Gasteiger partial charge is 0.353 e. The van der Waals surface area contributed by atoms with E-state index in [-0.39, 0.29) is 5.91 Å². The summed E-state index contributed by atoms with van der Waals surface area (Å²) in [4.78, 5) is 14.3. The number of nitrogens with one attached hydrogen (secondary N) is 1. The van der Waals surface area contributed by atoms with Gasteiger partial charge in [-0.2, -0.15) is 0 Å². The van der Waals surface area contributed by atoms with E-state index in [1.807, 2.05) is 0 Å². The lowest BCUT2D eigenvalue weighted by molar-refractivity contribution is -0.122. The second-order valence-corrected chi connectivity index (χ2v) is 6.62. The van der Waals surface area contributed by atoms with Gasteiger partial charge in [-0.3, -0.25) is 4.79 Å². The summed E-state index contributed by atoms with van der Waals surface area (Å²) in [7, 11) is 0. The molecular weight excluding hydrogens is 248 g/mol. The third-order valence-corrected chi connectivity index (χ3v) is 4.34. The number of rotatable bonds is 9. The number of hydrogen-bond acceptors (Lipinski definition) is 2. The summed E-state index contributed by atoms with van der Waals surface area (Å²) in [6.45, 7) is 10.2. The van der Waals surface area contributed by atoms with Crippen molar-refractivity contribution in [3.63, 3.8) is 0 Å². The van der Waals surface area contributed by atoms with E-state index in [1.54, 1.807) is 0 Å². The van der Waals surface area contributed by atoms with Gasteiger partial charge in [0.2, 0.25) is 5.91 Å². The van der Waals surface area contributed by atoms with Gasteiger partial charge in [0, 0.05) is 25.6 Å². The maximum absolute atomic E-state index is 11.9. The molecule has 1 amide bonds. The van der Waals surface area contributed by atoms with Crippen LogP contribution in [-0.2, 0) is 4.79 Å². The van der Waals surface area contributed by atoms with Crippen LogP contribution < -0.4 is 5.32 Å². The van der Waals surface area contributed by atoms with Gasteiger partial charge in [0.1, 0.15) is 0 Å². The summed E-state index contributed by atoms with van der Waals surface area (Å²) in [6, 6.07) is 0.422. The Morgan fingerprint density at radius 1 is 1.15 bits per heavy atom. The Morgan fingerprint density at radius 3 is 2.40 bits per heavy atom. The van der Waals surface area contributed by atoms with Crippen molar-refractivity contribution in [3.05, 3.63) is 0 Å². The normalized spacial score (nSPS) is 17.6. The molecule has 0 unspecified atom stereocenters. The smallest absolute Gasteiger partial charge is 0.220 e. The van der Waals surface area contributed by atoms with Crippen LogP contribution in [0.1, 0.15) is 72.1 Å². The molecule has 1 aliphatic rings. The van der Waals surface area contributed by atoms with Crippen LogP contribution in [-0.4, -0.2) is 36.5 Å². The number of nitrogens with zero attached hydrogens (tertiary/aromatic N) is 1. The molecule has 3 heteroatoms. The molecule has 118 valence electrons. The molecule has 0 aliphatic carbocycles. The summed E-state index contributed by atoms with van der Waals surface area (Å²) < 4.78 is 0. The zero-order valence-corrected chi connectivity index (χ0v) is 13.8. The highest BCUT2D eigenvalue weighted by molar-refractivity contribution is 5.76. The van der Waals surface area contributed by atoms with Crippen molar-refractivity contribution in [2.75, 3.05) is 19.6 Å². The summed E-state index contributed by atoms with van der Waals surface area (Å²) in [6.07, 6.45) is 9.13. The Hall–Kier alpha value is -0.570. The van der Waals surface area contributed by atoms with Crippen LogP contribution in [0.25, 0.3) is 0 Å². The van der Waals surface area contributed by atoms with Gasteiger partial charge < -0.3 is 10.2 Å². The summed E-state index contributed by atoms with van der Waals surface area (Å²) in [5, 5.41) is 3.21. The van der Waals surface area contributed by atoms with Crippen molar-refractivity contribution in [2.24, 2.45) is 5.92 Å². The number of carbonyl (C=O) groups is 1. The van der Waals surface area contributed by atoms with Gasteiger partial charge >= 0.3 is 0 Å². The van der Waals surface area contributed by atoms with Gasteiger partial charge in [-0.15, -0.1) is 0 Å². The van der Waals surface area contributed by atoms with Gasteiger partial charge in [-0.1, -0.05) is 46.5 Å². The minimum atomic E-state index is 0.267. The molecule has 0 aromatic heterocycles. The first-order valence-electron chi connectivity index (χ1n) is 8.63. The van der Waals surface area contributed by atoms with Crippen LogP contribution in [0.4, 0.5) is 0 Å². The fourth-order valence-corrected chi connectivity index (χ4v) is 2.89. The first-order valence-corrected chi connectivity index (χ1v) is 8.63. The molecule has 0 atom stereocenters. The van der Waals surface area contributed by atoms with Gasteiger partial charge in [0.15, 0.2) is 0 Å². The second kappa shape index (κ2) is 10.2. The molecule has 3 nitrogen and oxygen atoms in total. The predicted molar refractivity (Wildman–Crippen MR) is 85.8 cm³/mol. The molecule has 1 fully saturated rings.